The second-order valence-corrected chi connectivity index (χ2v) is 5.53. The minimum atomic E-state index is -0.537. The lowest BCUT2D eigenvalue weighted by atomic mass is 10.1. The first-order valence-corrected chi connectivity index (χ1v) is 6.96. The number of carbonyl (C=O) groups excluding carboxylic acids is 1. The van der Waals surface area contributed by atoms with Crippen molar-refractivity contribution in [3.8, 4) is 11.3 Å². The number of benzene rings is 1. The Kier molecular flexibility index (Phi) is 3.25. The molecular weight excluding hydrogens is 274 g/mol. The van der Waals surface area contributed by atoms with Crippen molar-refractivity contribution in [2.24, 2.45) is 0 Å². The minimum absolute atomic E-state index is 0.537. The highest BCUT2D eigenvalue weighted by molar-refractivity contribution is 7.16. The van der Waals surface area contributed by atoms with Gasteiger partial charge in [-0.25, -0.2) is 10.5 Å². The van der Waals surface area contributed by atoms with Crippen LogP contribution in [0.2, 0.25) is 0 Å². The van der Waals surface area contributed by atoms with E-state index in [-0.39, 0.29) is 0 Å². The van der Waals surface area contributed by atoms with E-state index >= 15 is 0 Å². The molecule has 0 saturated carbocycles. The molecular formula is C14H13N3O2S. The zero-order valence-electron chi connectivity index (χ0n) is 10.8. The molecule has 1 aromatic heterocycles. The average molecular weight is 287 g/mol. The fourth-order valence-corrected chi connectivity index (χ4v) is 3.22. The van der Waals surface area contributed by atoms with Crippen LogP contribution in [0.25, 0.3) is 17.3 Å². The Bertz CT molecular complexity index is 706. The zero-order chi connectivity index (χ0) is 14.1. The van der Waals surface area contributed by atoms with Crippen molar-refractivity contribution in [2.75, 3.05) is 12.4 Å². The molecule has 0 unspecified atom stereocenters. The third-order valence-electron chi connectivity index (χ3n) is 3.18. The Morgan fingerprint density at radius 1 is 1.50 bits per heavy atom. The van der Waals surface area contributed by atoms with Crippen LogP contribution in [0.1, 0.15) is 16.0 Å². The van der Waals surface area contributed by atoms with Crippen LogP contribution in [0.3, 0.4) is 0 Å². The molecule has 0 aliphatic heterocycles. The maximum Gasteiger partial charge on any atom is 0.267 e. The Balaban J connectivity index is 1.90. The molecule has 6 heteroatoms. The van der Waals surface area contributed by atoms with Gasteiger partial charge in [0.1, 0.15) is 0 Å². The molecule has 1 heterocycles. The predicted molar refractivity (Wildman–Crippen MR) is 78.9 cm³/mol. The van der Waals surface area contributed by atoms with Gasteiger partial charge in [0.05, 0.1) is 5.69 Å². The number of nitrogens with zero attached hydrogens (tertiary/aromatic N) is 1. The number of thiazole rings is 1. The summed E-state index contributed by atoms with van der Waals surface area (Å²) >= 11 is 1.67. The van der Waals surface area contributed by atoms with Crippen molar-refractivity contribution in [3.63, 3.8) is 0 Å². The molecule has 3 N–H and O–H groups in total. The summed E-state index contributed by atoms with van der Waals surface area (Å²) in [7, 11) is 1.87. The van der Waals surface area contributed by atoms with Gasteiger partial charge in [0.2, 0.25) is 0 Å². The van der Waals surface area contributed by atoms with E-state index < -0.39 is 5.91 Å². The fourth-order valence-electron chi connectivity index (χ4n) is 2.27. The van der Waals surface area contributed by atoms with Crippen LogP contribution in [0.4, 0.5) is 5.13 Å². The van der Waals surface area contributed by atoms with Gasteiger partial charge in [-0.3, -0.25) is 10.0 Å². The lowest BCUT2D eigenvalue weighted by molar-refractivity contribution is -0.124. The van der Waals surface area contributed by atoms with Gasteiger partial charge in [-0.15, -0.1) is 11.3 Å². The van der Waals surface area contributed by atoms with E-state index in [0.29, 0.717) is 0 Å². The normalized spacial score (nSPS) is 12.3. The largest absolute Gasteiger partial charge is 0.365 e. The molecule has 102 valence electrons. The lowest BCUT2D eigenvalue weighted by Gasteiger charge is -2.01. The van der Waals surface area contributed by atoms with Gasteiger partial charge in [-0.2, -0.15) is 0 Å². The standard InChI is InChI=1S/C14H13N3O2S/c1-15-14-16-13-10-4-2-8(3-5-12(18)17-19)6-9(10)7-11(13)20-14/h2-6,19H,7H2,1H3,(H,15,16)(H,17,18)/b5-3+. The average Bonchev–Trinajstić information content (AvgIpc) is 3.01. The SMILES string of the molecule is CNc1nc2c(s1)Cc1cc(/C=C/C(=O)NO)ccc1-2. The van der Waals surface area contributed by atoms with Gasteiger partial charge < -0.3 is 5.32 Å². The first-order chi connectivity index (χ1) is 9.71. The molecule has 5 nitrogen and oxygen atoms in total. The Morgan fingerprint density at radius 2 is 2.35 bits per heavy atom. The van der Waals surface area contributed by atoms with Gasteiger partial charge >= 0.3 is 0 Å². The minimum Gasteiger partial charge on any atom is -0.365 e. The Morgan fingerprint density at radius 3 is 3.10 bits per heavy atom. The molecule has 0 atom stereocenters. The van der Waals surface area contributed by atoms with Crippen LogP contribution < -0.4 is 10.8 Å². The number of hydrogen-bond donors (Lipinski definition) is 3. The number of amides is 1. The molecule has 2 aromatic rings. The summed E-state index contributed by atoms with van der Waals surface area (Å²) in [4.78, 5) is 16.8. The van der Waals surface area contributed by atoms with Gasteiger partial charge in [-0.1, -0.05) is 18.2 Å². The molecule has 0 fully saturated rings. The summed E-state index contributed by atoms with van der Waals surface area (Å²) in [5, 5.41) is 12.4. The molecule has 0 radical (unpaired) electrons. The first kappa shape index (κ1) is 12.8. The molecule has 20 heavy (non-hydrogen) atoms. The topological polar surface area (TPSA) is 74.2 Å². The molecule has 1 aliphatic carbocycles. The fraction of sp³-hybridized carbons (Fsp3) is 0.143. The summed E-state index contributed by atoms with van der Waals surface area (Å²) in [6.45, 7) is 0. The summed E-state index contributed by atoms with van der Waals surface area (Å²) in [6, 6.07) is 6.01. The maximum atomic E-state index is 11.0. The van der Waals surface area contributed by atoms with E-state index in [1.165, 1.54) is 16.5 Å². The van der Waals surface area contributed by atoms with E-state index in [1.807, 2.05) is 25.2 Å². The second-order valence-electron chi connectivity index (χ2n) is 4.44. The summed E-state index contributed by atoms with van der Waals surface area (Å²) in [5.74, 6) is -0.537. The van der Waals surface area contributed by atoms with Crippen molar-refractivity contribution in [2.45, 2.75) is 6.42 Å². The van der Waals surface area contributed by atoms with Crippen molar-refractivity contribution < 1.29 is 10.0 Å². The van der Waals surface area contributed by atoms with Crippen LogP contribution in [0.15, 0.2) is 24.3 Å². The third-order valence-corrected chi connectivity index (χ3v) is 4.26. The van der Waals surface area contributed by atoms with Crippen LogP contribution in [0, 0.1) is 0 Å². The van der Waals surface area contributed by atoms with Crippen molar-refractivity contribution in [1.82, 2.24) is 10.5 Å². The number of aromatic nitrogens is 1. The number of carbonyl (C=O) groups is 1. The first-order valence-electron chi connectivity index (χ1n) is 6.14. The molecule has 3 rings (SSSR count). The third kappa shape index (κ3) is 2.19. The van der Waals surface area contributed by atoms with Crippen molar-refractivity contribution in [1.29, 1.82) is 0 Å². The quantitative estimate of drug-likeness (QED) is 0.392. The molecule has 0 spiro atoms. The highest BCUT2D eigenvalue weighted by Crippen LogP contribution is 2.41. The van der Waals surface area contributed by atoms with E-state index in [2.05, 4.69) is 10.3 Å². The maximum absolute atomic E-state index is 11.0. The number of fused-ring (bicyclic) bond motifs is 3. The number of anilines is 1. The monoisotopic (exact) mass is 287 g/mol. The van der Waals surface area contributed by atoms with Crippen LogP contribution >= 0.6 is 11.3 Å². The van der Waals surface area contributed by atoms with E-state index in [9.17, 15) is 4.79 Å². The number of nitrogens with one attached hydrogen (secondary N) is 2. The van der Waals surface area contributed by atoms with Crippen LogP contribution in [0.5, 0.6) is 0 Å². The van der Waals surface area contributed by atoms with Crippen LogP contribution in [-0.2, 0) is 11.2 Å². The van der Waals surface area contributed by atoms with E-state index in [4.69, 9.17) is 5.21 Å². The summed E-state index contributed by atoms with van der Waals surface area (Å²) in [6.07, 6.45) is 3.84. The second kappa shape index (κ2) is 5.07. The summed E-state index contributed by atoms with van der Waals surface area (Å²) in [5.41, 5.74) is 5.92. The number of hydrogen-bond acceptors (Lipinski definition) is 5. The van der Waals surface area contributed by atoms with Crippen molar-refractivity contribution in [3.05, 3.63) is 40.3 Å². The molecule has 0 bridgehead atoms. The van der Waals surface area contributed by atoms with Gasteiger partial charge in [0.15, 0.2) is 5.13 Å². The highest BCUT2D eigenvalue weighted by atomic mass is 32.1. The summed E-state index contributed by atoms with van der Waals surface area (Å²) < 4.78 is 0. The van der Waals surface area contributed by atoms with Crippen LogP contribution in [-0.4, -0.2) is 23.1 Å². The zero-order valence-corrected chi connectivity index (χ0v) is 11.6. The smallest absolute Gasteiger partial charge is 0.267 e. The van der Waals surface area contributed by atoms with Crippen molar-refractivity contribution >= 4 is 28.5 Å². The number of rotatable bonds is 3. The van der Waals surface area contributed by atoms with E-state index in [1.54, 1.807) is 22.9 Å². The lowest BCUT2D eigenvalue weighted by Crippen LogP contribution is -2.14. The van der Waals surface area contributed by atoms with Gasteiger partial charge in [0, 0.05) is 30.0 Å². The van der Waals surface area contributed by atoms with E-state index in [0.717, 1.165) is 28.4 Å². The predicted octanol–water partition coefficient (Wildman–Crippen LogP) is 2.27. The molecule has 1 aromatic carbocycles. The van der Waals surface area contributed by atoms with Gasteiger partial charge in [-0.05, 0) is 17.2 Å². The van der Waals surface area contributed by atoms with Gasteiger partial charge in [0.25, 0.3) is 5.91 Å². The Hall–Kier alpha value is -2.18. The molecule has 1 amide bonds. The number of hydroxylamine groups is 1. The Labute approximate surface area is 119 Å². The molecule has 1 aliphatic rings. The highest BCUT2D eigenvalue weighted by Gasteiger charge is 2.22. The molecule has 0 saturated heterocycles.